The molecule has 10 nitrogen and oxygen atoms in total. The fraction of sp³-hybridized carbons (Fsp3) is 0.219. The fourth-order valence-corrected chi connectivity index (χ4v) is 8.50. The second-order valence-corrected chi connectivity index (χ2v) is 12.8. The number of esters is 1. The lowest BCUT2D eigenvalue weighted by molar-refractivity contribution is -0.122. The van der Waals surface area contributed by atoms with Crippen LogP contribution in [-0.2, 0) is 25.7 Å². The number of hydrogen-bond donors (Lipinski definition) is 1. The van der Waals surface area contributed by atoms with Gasteiger partial charge in [0.2, 0.25) is 17.7 Å². The van der Waals surface area contributed by atoms with Crippen molar-refractivity contribution in [3.63, 3.8) is 0 Å². The first-order valence-corrected chi connectivity index (χ1v) is 16.0. The van der Waals surface area contributed by atoms with E-state index in [0.29, 0.717) is 43.2 Å². The van der Waals surface area contributed by atoms with Crippen molar-refractivity contribution in [2.45, 2.75) is 29.7 Å². The number of anilines is 2. The van der Waals surface area contributed by atoms with Crippen LogP contribution in [0, 0.1) is 5.92 Å². The van der Waals surface area contributed by atoms with Crippen LogP contribution in [0.5, 0.6) is 5.75 Å². The SMILES string of the molecule is CCOC(=O)c1ccc(NC(=O)Cn2c3c(sc2=O)[C@@H](c2ccccc2OC)[C@@H]2C(=O)N(c4ccc(Cl)cc4)C(=O)[C@@H]2S3)cc1. The van der Waals surface area contributed by atoms with Gasteiger partial charge in [0.05, 0.1) is 35.9 Å². The number of nitrogens with one attached hydrogen (secondary N) is 1. The molecule has 0 bridgehead atoms. The van der Waals surface area contributed by atoms with E-state index in [2.05, 4.69) is 5.32 Å². The van der Waals surface area contributed by atoms with Gasteiger partial charge in [-0.05, 0) is 61.5 Å². The van der Waals surface area contributed by atoms with E-state index in [9.17, 15) is 24.0 Å². The summed E-state index contributed by atoms with van der Waals surface area (Å²) in [6.07, 6.45) is 0. The normalized spacial score (nSPS) is 18.7. The molecule has 0 radical (unpaired) electrons. The summed E-state index contributed by atoms with van der Waals surface area (Å²) >= 11 is 8.13. The second kappa shape index (κ2) is 12.5. The van der Waals surface area contributed by atoms with Crippen LogP contribution < -0.4 is 19.8 Å². The number of ether oxygens (including phenoxy) is 2. The Balaban J connectivity index is 1.35. The lowest BCUT2D eigenvalue weighted by Crippen LogP contribution is -2.33. The quantitative estimate of drug-likeness (QED) is 0.202. The first-order valence-electron chi connectivity index (χ1n) is 13.9. The molecule has 2 aliphatic heterocycles. The van der Waals surface area contributed by atoms with Crippen LogP contribution in [-0.4, -0.2) is 47.2 Å². The molecule has 0 aliphatic carbocycles. The summed E-state index contributed by atoms with van der Waals surface area (Å²) in [4.78, 5) is 67.9. The number of nitrogens with zero attached hydrogens (tertiary/aromatic N) is 2. The number of thiazole rings is 1. The van der Waals surface area contributed by atoms with Gasteiger partial charge in [0.15, 0.2) is 0 Å². The molecule has 0 saturated carbocycles. The first kappa shape index (κ1) is 30.6. The highest BCUT2D eigenvalue weighted by Crippen LogP contribution is 2.55. The van der Waals surface area contributed by atoms with Crippen LogP contribution >= 0.6 is 34.7 Å². The van der Waals surface area contributed by atoms with E-state index >= 15 is 0 Å². The molecule has 3 amide bonds. The van der Waals surface area contributed by atoms with Gasteiger partial charge in [-0.2, -0.15) is 0 Å². The molecule has 3 atom stereocenters. The third-order valence-electron chi connectivity index (χ3n) is 7.59. The predicted octanol–water partition coefficient (Wildman–Crippen LogP) is 5.18. The fourth-order valence-electron chi connectivity index (χ4n) is 5.61. The number of fused-ring (bicyclic) bond motifs is 2. The average molecular weight is 664 g/mol. The molecule has 1 N–H and O–H groups in total. The van der Waals surface area contributed by atoms with Gasteiger partial charge in [-0.3, -0.25) is 23.7 Å². The van der Waals surface area contributed by atoms with E-state index in [1.165, 1.54) is 28.7 Å². The van der Waals surface area contributed by atoms with Gasteiger partial charge in [-0.15, -0.1) is 0 Å². The smallest absolute Gasteiger partial charge is 0.338 e. The number of rotatable bonds is 8. The highest BCUT2D eigenvalue weighted by molar-refractivity contribution is 8.00. The summed E-state index contributed by atoms with van der Waals surface area (Å²) in [5.41, 5.74) is 1.84. The second-order valence-electron chi connectivity index (χ2n) is 10.2. The first-order chi connectivity index (χ1) is 21.7. The Morgan fingerprint density at radius 1 is 0.956 bits per heavy atom. The zero-order chi connectivity index (χ0) is 31.8. The molecular weight excluding hydrogens is 638 g/mol. The molecule has 0 unspecified atom stereocenters. The standard InChI is InChI=1S/C32H26ClN3O7S2/c1-3-43-31(40)17-8-12-19(13-9-17)34-23(37)16-35-30-27(45-32(35)41)24(21-6-4-5-7-22(21)42-2)25-26(44-30)29(39)36(28(25)38)20-14-10-18(33)11-15-20/h4-15,24-26H,3,16H2,1-2H3,(H,34,37)/t24-,25-,26+/m0/s1. The van der Waals surface area contributed by atoms with Gasteiger partial charge >= 0.3 is 10.8 Å². The number of benzene rings is 3. The monoisotopic (exact) mass is 663 g/mol. The number of aromatic nitrogens is 1. The molecule has 45 heavy (non-hydrogen) atoms. The Bertz CT molecular complexity index is 1870. The van der Waals surface area contributed by atoms with Gasteiger partial charge < -0.3 is 14.8 Å². The van der Waals surface area contributed by atoms with E-state index in [4.69, 9.17) is 21.1 Å². The minimum atomic E-state index is -0.852. The summed E-state index contributed by atoms with van der Waals surface area (Å²) in [7, 11) is 1.52. The van der Waals surface area contributed by atoms with Gasteiger partial charge in [0.1, 0.15) is 17.5 Å². The lowest BCUT2D eigenvalue weighted by atomic mass is 9.82. The Morgan fingerprint density at radius 3 is 2.36 bits per heavy atom. The maximum absolute atomic E-state index is 14.0. The van der Waals surface area contributed by atoms with Crippen molar-refractivity contribution in [3.05, 3.63) is 103 Å². The van der Waals surface area contributed by atoms with Gasteiger partial charge in [0.25, 0.3) is 0 Å². The van der Waals surface area contributed by atoms with Crippen molar-refractivity contribution < 1.29 is 28.7 Å². The number of para-hydroxylation sites is 1. The third-order valence-corrected chi connectivity index (χ3v) is 10.4. The average Bonchev–Trinajstić information content (AvgIpc) is 3.48. The number of halogens is 1. The van der Waals surface area contributed by atoms with E-state index in [-0.39, 0.29) is 13.2 Å². The van der Waals surface area contributed by atoms with E-state index in [0.717, 1.165) is 23.1 Å². The largest absolute Gasteiger partial charge is 0.496 e. The minimum Gasteiger partial charge on any atom is -0.496 e. The highest BCUT2D eigenvalue weighted by Gasteiger charge is 2.57. The maximum atomic E-state index is 14.0. The molecule has 4 aromatic rings. The molecule has 3 heterocycles. The summed E-state index contributed by atoms with van der Waals surface area (Å²) in [6.45, 7) is 1.63. The summed E-state index contributed by atoms with van der Waals surface area (Å²) in [6, 6.07) is 19.9. The van der Waals surface area contributed by atoms with Crippen LogP contribution in [0.2, 0.25) is 5.02 Å². The Labute approximate surface area is 270 Å². The summed E-state index contributed by atoms with van der Waals surface area (Å²) in [5.74, 6) is -2.73. The van der Waals surface area contributed by atoms with E-state index < -0.39 is 45.6 Å². The Kier molecular flexibility index (Phi) is 8.54. The summed E-state index contributed by atoms with van der Waals surface area (Å²) in [5, 5.41) is 2.82. The van der Waals surface area contributed by atoms with Crippen LogP contribution in [0.1, 0.15) is 33.6 Å². The third kappa shape index (κ3) is 5.65. The number of thioether (sulfide) groups is 1. The summed E-state index contributed by atoms with van der Waals surface area (Å²) < 4.78 is 12.0. The van der Waals surface area contributed by atoms with Crippen LogP contribution in [0.4, 0.5) is 11.4 Å². The Morgan fingerprint density at radius 2 is 1.67 bits per heavy atom. The van der Waals surface area contributed by atoms with Crippen molar-refractivity contribution >= 4 is 69.8 Å². The number of carbonyl (C=O) groups is 4. The number of methoxy groups -OCH3 is 1. The molecule has 13 heteroatoms. The number of amides is 3. The van der Waals surface area contributed by atoms with Crippen molar-refractivity contribution in [2.24, 2.45) is 5.92 Å². The van der Waals surface area contributed by atoms with Crippen molar-refractivity contribution in [1.29, 1.82) is 0 Å². The van der Waals surface area contributed by atoms with Crippen molar-refractivity contribution in [1.82, 2.24) is 4.57 Å². The molecule has 6 rings (SSSR count). The predicted molar refractivity (Wildman–Crippen MR) is 172 cm³/mol. The van der Waals surface area contributed by atoms with E-state index in [1.54, 1.807) is 55.5 Å². The van der Waals surface area contributed by atoms with Crippen molar-refractivity contribution in [2.75, 3.05) is 23.9 Å². The van der Waals surface area contributed by atoms with Crippen LogP contribution in [0.15, 0.2) is 82.6 Å². The molecule has 2 aliphatic rings. The number of carbonyl (C=O) groups excluding carboxylic acids is 4. The van der Waals surface area contributed by atoms with Crippen LogP contribution in [0.3, 0.4) is 0 Å². The van der Waals surface area contributed by atoms with Gasteiger partial charge in [0, 0.05) is 27.1 Å². The van der Waals surface area contributed by atoms with Crippen LogP contribution in [0.25, 0.3) is 0 Å². The van der Waals surface area contributed by atoms with Gasteiger partial charge in [-0.1, -0.05) is 52.9 Å². The zero-order valence-corrected chi connectivity index (χ0v) is 26.4. The number of imide groups is 1. The molecule has 1 saturated heterocycles. The molecule has 1 fully saturated rings. The molecule has 3 aromatic carbocycles. The topological polar surface area (TPSA) is 124 Å². The number of hydrogen-bond acceptors (Lipinski definition) is 9. The highest BCUT2D eigenvalue weighted by atomic mass is 35.5. The molecule has 0 spiro atoms. The van der Waals surface area contributed by atoms with E-state index in [1.807, 2.05) is 12.1 Å². The molecular formula is C32H26ClN3O7S2. The zero-order valence-electron chi connectivity index (χ0n) is 24.0. The van der Waals surface area contributed by atoms with Gasteiger partial charge in [-0.25, -0.2) is 9.69 Å². The minimum absolute atomic E-state index is 0.244. The molecule has 230 valence electrons. The van der Waals surface area contributed by atoms with Crippen molar-refractivity contribution in [3.8, 4) is 5.75 Å². The Hall–Kier alpha value is -4.39. The maximum Gasteiger partial charge on any atom is 0.338 e. The lowest BCUT2D eigenvalue weighted by Gasteiger charge is -2.31. The molecule has 1 aromatic heterocycles.